The first kappa shape index (κ1) is 25.9. The highest BCUT2D eigenvalue weighted by Gasteiger charge is 2.22. The average Bonchev–Trinajstić information content (AvgIpc) is 3.11. The number of aromatic nitrogens is 1. The van der Waals surface area contributed by atoms with E-state index in [-0.39, 0.29) is 29.6 Å². The SMILES string of the molecule is CCCc1cc(C=C(C)C(=O)c2c(O)cc(C(C)CC/C=C/CC(=O)OC)oc2=O)n(C)c1. The van der Waals surface area contributed by atoms with Crippen molar-refractivity contribution < 1.29 is 23.8 Å². The first-order valence-corrected chi connectivity index (χ1v) is 11.1. The fourth-order valence-electron chi connectivity index (χ4n) is 3.53. The summed E-state index contributed by atoms with van der Waals surface area (Å²) in [5.41, 5.74) is 1.14. The third-order valence-electron chi connectivity index (χ3n) is 5.47. The second-order valence-electron chi connectivity index (χ2n) is 8.22. The quantitative estimate of drug-likeness (QED) is 0.223. The number of Topliss-reactive ketones (excluding diaryl/α,β-unsaturated/α-hetero) is 1. The van der Waals surface area contributed by atoms with Crippen LogP contribution < -0.4 is 5.63 Å². The Kier molecular flexibility index (Phi) is 9.45. The summed E-state index contributed by atoms with van der Waals surface area (Å²) in [6.07, 6.45) is 10.8. The summed E-state index contributed by atoms with van der Waals surface area (Å²) in [6.45, 7) is 5.58. The van der Waals surface area contributed by atoms with Gasteiger partial charge in [-0.25, -0.2) is 4.79 Å². The molecule has 0 bridgehead atoms. The Labute approximate surface area is 194 Å². The van der Waals surface area contributed by atoms with Crippen molar-refractivity contribution >= 4 is 17.8 Å². The van der Waals surface area contributed by atoms with Crippen LogP contribution in [0.15, 0.2) is 45.3 Å². The predicted octanol–water partition coefficient (Wildman–Crippen LogP) is 4.93. The van der Waals surface area contributed by atoms with Crippen LogP contribution >= 0.6 is 0 Å². The van der Waals surface area contributed by atoms with Crippen molar-refractivity contribution in [3.63, 3.8) is 0 Å². The molecule has 0 saturated carbocycles. The van der Waals surface area contributed by atoms with Gasteiger partial charge in [-0.05, 0) is 49.5 Å². The van der Waals surface area contributed by atoms with E-state index < -0.39 is 11.4 Å². The van der Waals surface area contributed by atoms with E-state index in [0.29, 0.717) is 24.2 Å². The Hall–Kier alpha value is -3.35. The molecule has 7 heteroatoms. The number of rotatable bonds is 11. The Morgan fingerprint density at radius 3 is 2.64 bits per heavy atom. The number of aryl methyl sites for hydroxylation is 2. The van der Waals surface area contributed by atoms with Crippen molar-refractivity contribution in [3.8, 4) is 5.75 Å². The van der Waals surface area contributed by atoms with E-state index in [2.05, 4.69) is 11.7 Å². The van der Waals surface area contributed by atoms with Gasteiger partial charge in [0.2, 0.25) is 0 Å². The van der Waals surface area contributed by atoms with E-state index in [9.17, 15) is 19.5 Å². The van der Waals surface area contributed by atoms with Crippen LogP contribution in [0.3, 0.4) is 0 Å². The molecule has 0 aliphatic carbocycles. The fraction of sp³-hybridized carbons (Fsp3) is 0.423. The van der Waals surface area contributed by atoms with Gasteiger partial charge >= 0.3 is 11.6 Å². The Balaban J connectivity index is 2.14. The number of hydrogen-bond donors (Lipinski definition) is 1. The van der Waals surface area contributed by atoms with Crippen molar-refractivity contribution in [2.24, 2.45) is 7.05 Å². The second kappa shape index (κ2) is 12.0. The molecule has 0 radical (unpaired) electrons. The van der Waals surface area contributed by atoms with Gasteiger partial charge in [-0.2, -0.15) is 0 Å². The lowest BCUT2D eigenvalue weighted by molar-refractivity contribution is -0.139. The lowest BCUT2D eigenvalue weighted by atomic mass is 9.99. The Bertz CT molecular complexity index is 1100. The minimum atomic E-state index is -0.852. The molecule has 1 unspecified atom stereocenters. The molecule has 0 aliphatic rings. The standard InChI is InChI=1S/C26H33NO6/c1-6-10-19-14-20(27(4)16-19)13-18(3)25(30)24-21(28)15-22(33-26(24)31)17(2)11-8-7-9-12-23(29)32-5/h7,9,13-17,28H,6,8,10-12H2,1-5H3/b9-7+,18-13?. The molecule has 0 fully saturated rings. The van der Waals surface area contributed by atoms with E-state index in [1.165, 1.54) is 18.7 Å². The second-order valence-corrected chi connectivity index (χ2v) is 8.22. The first-order valence-electron chi connectivity index (χ1n) is 11.1. The molecule has 0 aliphatic heterocycles. The smallest absolute Gasteiger partial charge is 0.351 e. The number of esters is 1. The summed E-state index contributed by atoms with van der Waals surface area (Å²) in [7, 11) is 3.23. The third-order valence-corrected chi connectivity index (χ3v) is 5.47. The molecule has 178 valence electrons. The van der Waals surface area contributed by atoms with Gasteiger partial charge in [-0.1, -0.05) is 32.4 Å². The number of carbonyl (C=O) groups excluding carboxylic acids is 2. The lowest BCUT2D eigenvalue weighted by Gasteiger charge is -2.11. The predicted molar refractivity (Wildman–Crippen MR) is 127 cm³/mol. The summed E-state index contributed by atoms with van der Waals surface area (Å²) >= 11 is 0. The van der Waals surface area contributed by atoms with Crippen molar-refractivity contribution in [2.45, 2.75) is 58.8 Å². The summed E-state index contributed by atoms with van der Waals surface area (Å²) in [5, 5.41) is 10.5. The maximum atomic E-state index is 12.9. The zero-order valence-electron chi connectivity index (χ0n) is 20.0. The minimum Gasteiger partial charge on any atom is -0.507 e. The molecule has 2 rings (SSSR count). The molecule has 0 saturated heterocycles. The molecule has 7 nitrogen and oxygen atoms in total. The molecular weight excluding hydrogens is 422 g/mol. The minimum absolute atomic E-state index is 0.160. The van der Waals surface area contributed by atoms with Gasteiger partial charge in [0.1, 0.15) is 17.1 Å². The fourth-order valence-corrected chi connectivity index (χ4v) is 3.53. The molecular formula is C26H33NO6. The number of ketones is 1. The summed E-state index contributed by atoms with van der Waals surface area (Å²) < 4.78 is 11.9. The van der Waals surface area contributed by atoms with Gasteiger partial charge in [0.15, 0.2) is 5.78 Å². The molecule has 33 heavy (non-hydrogen) atoms. The number of ether oxygens (including phenoxy) is 1. The number of allylic oxidation sites excluding steroid dienone is 2. The van der Waals surface area contributed by atoms with E-state index in [1.54, 1.807) is 19.1 Å². The number of aromatic hydroxyl groups is 1. The molecule has 2 aromatic rings. The van der Waals surface area contributed by atoms with E-state index in [0.717, 1.165) is 18.5 Å². The van der Waals surface area contributed by atoms with Crippen LogP contribution in [-0.4, -0.2) is 28.5 Å². The number of methoxy groups -OCH3 is 1. The summed E-state index contributed by atoms with van der Waals surface area (Å²) in [4.78, 5) is 36.6. The highest BCUT2D eigenvalue weighted by Crippen LogP contribution is 2.26. The first-order chi connectivity index (χ1) is 15.7. The van der Waals surface area contributed by atoms with E-state index in [4.69, 9.17) is 4.42 Å². The van der Waals surface area contributed by atoms with E-state index >= 15 is 0 Å². The largest absolute Gasteiger partial charge is 0.507 e. The molecule has 0 aromatic carbocycles. The molecule has 2 heterocycles. The van der Waals surface area contributed by atoms with Crippen molar-refractivity contribution in [3.05, 3.63) is 69.1 Å². The van der Waals surface area contributed by atoms with Gasteiger partial charge < -0.3 is 18.8 Å². The van der Waals surface area contributed by atoms with Gasteiger partial charge in [0.05, 0.1) is 13.5 Å². The number of carbonyl (C=O) groups is 2. The number of nitrogens with zero attached hydrogens (tertiary/aromatic N) is 1. The van der Waals surface area contributed by atoms with Crippen LogP contribution in [0.4, 0.5) is 0 Å². The average molecular weight is 456 g/mol. The van der Waals surface area contributed by atoms with E-state index in [1.807, 2.05) is 36.9 Å². The van der Waals surface area contributed by atoms with Crippen LogP contribution in [0.25, 0.3) is 6.08 Å². The Morgan fingerprint density at radius 2 is 2.00 bits per heavy atom. The van der Waals surface area contributed by atoms with Gasteiger partial charge in [0.25, 0.3) is 0 Å². The molecule has 1 N–H and O–H groups in total. The third kappa shape index (κ3) is 7.07. The van der Waals surface area contributed by atoms with Crippen LogP contribution in [-0.2, 0) is 23.0 Å². The zero-order chi connectivity index (χ0) is 24.5. The maximum Gasteiger partial charge on any atom is 0.351 e. The maximum absolute atomic E-state index is 12.9. The van der Waals surface area contributed by atoms with Gasteiger partial charge in [-0.15, -0.1) is 0 Å². The lowest BCUT2D eigenvalue weighted by Crippen LogP contribution is -2.16. The van der Waals surface area contributed by atoms with Crippen molar-refractivity contribution in [1.82, 2.24) is 4.57 Å². The number of hydrogen-bond acceptors (Lipinski definition) is 6. The summed E-state index contributed by atoms with van der Waals surface area (Å²) in [6, 6.07) is 3.35. The van der Waals surface area contributed by atoms with Gasteiger partial charge in [-0.3, -0.25) is 9.59 Å². The van der Waals surface area contributed by atoms with Crippen LogP contribution in [0, 0.1) is 0 Å². The molecule has 0 spiro atoms. The molecule has 2 aromatic heterocycles. The van der Waals surface area contributed by atoms with Crippen LogP contribution in [0.2, 0.25) is 0 Å². The van der Waals surface area contributed by atoms with Crippen LogP contribution in [0.5, 0.6) is 5.75 Å². The molecule has 0 amide bonds. The topological polar surface area (TPSA) is 98.7 Å². The van der Waals surface area contributed by atoms with Crippen molar-refractivity contribution in [1.29, 1.82) is 0 Å². The van der Waals surface area contributed by atoms with Gasteiger partial charge in [0, 0.05) is 30.9 Å². The monoisotopic (exact) mass is 455 g/mol. The molecule has 1 atom stereocenters. The normalized spacial score (nSPS) is 12.8. The summed E-state index contributed by atoms with van der Waals surface area (Å²) in [5.74, 6) is -1.11. The zero-order valence-corrected chi connectivity index (χ0v) is 20.0. The van der Waals surface area contributed by atoms with Crippen LogP contribution in [0.1, 0.15) is 79.7 Å². The van der Waals surface area contributed by atoms with Crippen molar-refractivity contribution in [2.75, 3.05) is 7.11 Å². The Morgan fingerprint density at radius 1 is 1.27 bits per heavy atom. The highest BCUT2D eigenvalue weighted by molar-refractivity contribution is 6.12. The highest BCUT2D eigenvalue weighted by atomic mass is 16.5.